The van der Waals surface area contributed by atoms with Gasteiger partial charge in [0.25, 0.3) is 5.69 Å². The van der Waals surface area contributed by atoms with Crippen LogP contribution in [0.2, 0.25) is 0 Å². The van der Waals surface area contributed by atoms with Crippen LogP contribution in [0.5, 0.6) is 0 Å². The van der Waals surface area contributed by atoms with Crippen LogP contribution in [0.25, 0.3) is 11.1 Å². The van der Waals surface area contributed by atoms with Crippen LogP contribution >= 0.6 is 0 Å². The minimum Gasteiger partial charge on any atom is -0.397 e. The Kier molecular flexibility index (Phi) is 14.7. The fraction of sp³-hybridized carbons (Fsp3) is 0.333. The molecule has 0 saturated carbocycles. The molecule has 2 amide bonds. The first kappa shape index (κ1) is 43.0. The molecular formula is C48H54N6O7. The quantitative estimate of drug-likeness (QED) is 0.0313. The Morgan fingerprint density at radius 3 is 2.18 bits per heavy atom. The van der Waals surface area contributed by atoms with E-state index in [0.29, 0.717) is 50.0 Å². The zero-order valence-corrected chi connectivity index (χ0v) is 34.3. The van der Waals surface area contributed by atoms with Crippen molar-refractivity contribution in [3.63, 3.8) is 0 Å². The topological polar surface area (TPSA) is 173 Å². The van der Waals surface area contributed by atoms with Gasteiger partial charge in [-0.15, -0.1) is 0 Å². The molecule has 13 heteroatoms. The number of para-hydroxylation sites is 2. The summed E-state index contributed by atoms with van der Waals surface area (Å²) in [5.41, 5.74) is 13.9. The number of carbonyl (C=O) groups is 2. The summed E-state index contributed by atoms with van der Waals surface area (Å²) in [5, 5.41) is 26.7. The molecule has 3 unspecified atom stereocenters. The van der Waals surface area contributed by atoms with E-state index in [9.17, 15) is 24.8 Å². The van der Waals surface area contributed by atoms with Crippen LogP contribution in [0.1, 0.15) is 73.2 Å². The largest absolute Gasteiger partial charge is 0.397 e. The number of nitrogen functional groups attached to an aromatic ring is 1. The van der Waals surface area contributed by atoms with E-state index >= 15 is 0 Å². The molecule has 2 aliphatic heterocycles. The number of rotatable bonds is 17. The van der Waals surface area contributed by atoms with Crippen molar-refractivity contribution < 1.29 is 29.1 Å². The van der Waals surface area contributed by atoms with Crippen LogP contribution in [0.3, 0.4) is 0 Å². The first-order chi connectivity index (χ1) is 29.7. The lowest BCUT2D eigenvalue weighted by molar-refractivity contribution is -0.384. The van der Waals surface area contributed by atoms with Crippen molar-refractivity contribution in [3.8, 4) is 11.1 Å². The Bertz CT molecular complexity index is 2240. The predicted octanol–water partition coefficient (Wildman–Crippen LogP) is 7.91. The van der Waals surface area contributed by atoms with Crippen molar-refractivity contribution in [2.45, 2.75) is 70.2 Å². The van der Waals surface area contributed by atoms with Gasteiger partial charge in [-0.1, -0.05) is 79.2 Å². The maximum atomic E-state index is 12.7. The molecule has 0 radical (unpaired) electrons. The standard InChI is InChI=1S/C48H54N6O7/c49-43-12-4-5-13-44(43)51-47(57)15-3-1-2-14-46(56)50-31-35-8-6-9-37(28-35)38-10-7-11-39(29-38)48-60-42(30-45(61-48)36-18-16-34(33-55)17-19-36)32-52-24-26-53(27-25-52)40-20-22-41(23-21-40)54(58)59/h4-13,16-23,28-29,42,45,48,55H,1-3,14-15,24-27,30-33,49H2,(H,50,56)(H,51,57). The fourth-order valence-corrected chi connectivity index (χ4v) is 7.88. The number of aliphatic hydroxyl groups is 1. The third-order valence-corrected chi connectivity index (χ3v) is 11.3. The number of aliphatic hydroxyl groups excluding tert-OH is 1. The molecule has 2 fully saturated rings. The van der Waals surface area contributed by atoms with Crippen molar-refractivity contribution in [2.24, 2.45) is 0 Å². The van der Waals surface area contributed by atoms with Crippen LogP contribution in [-0.4, -0.2) is 65.6 Å². The average Bonchev–Trinajstić information content (AvgIpc) is 3.29. The molecule has 318 valence electrons. The number of hydrogen-bond donors (Lipinski definition) is 4. The normalized spacial score (nSPS) is 18.0. The number of piperazine rings is 1. The number of non-ortho nitro benzene ring substituents is 1. The SMILES string of the molecule is Nc1ccccc1NC(=O)CCCCCC(=O)NCc1cccc(-c2cccc(C3OC(CN4CCN(c5ccc([N+](=O)[O-])cc5)CC4)CC(c4ccc(CO)cc4)O3)c2)c1. The lowest BCUT2D eigenvalue weighted by atomic mass is 9.98. The predicted molar refractivity (Wildman–Crippen MR) is 236 cm³/mol. The summed E-state index contributed by atoms with van der Waals surface area (Å²) < 4.78 is 13.4. The summed E-state index contributed by atoms with van der Waals surface area (Å²) in [6.45, 7) is 4.37. The van der Waals surface area contributed by atoms with Crippen LogP contribution in [-0.2, 0) is 32.2 Å². The van der Waals surface area contributed by atoms with E-state index in [2.05, 4.69) is 44.7 Å². The molecule has 3 atom stereocenters. The molecule has 5 aromatic carbocycles. The zero-order valence-electron chi connectivity index (χ0n) is 34.3. The summed E-state index contributed by atoms with van der Waals surface area (Å²) in [4.78, 5) is 40.4. The highest BCUT2D eigenvalue weighted by Gasteiger charge is 2.34. The maximum Gasteiger partial charge on any atom is 0.269 e. The van der Waals surface area contributed by atoms with Gasteiger partial charge in [-0.3, -0.25) is 24.6 Å². The van der Waals surface area contributed by atoms with Gasteiger partial charge in [-0.05, 0) is 77.1 Å². The molecule has 61 heavy (non-hydrogen) atoms. The molecule has 5 aromatic rings. The first-order valence-electron chi connectivity index (χ1n) is 21.0. The Labute approximate surface area is 356 Å². The molecule has 7 rings (SSSR count). The highest BCUT2D eigenvalue weighted by atomic mass is 16.7. The summed E-state index contributed by atoms with van der Waals surface area (Å²) in [7, 11) is 0. The molecule has 0 bridgehead atoms. The number of nitro groups is 1. The van der Waals surface area contributed by atoms with Gasteiger partial charge < -0.3 is 35.8 Å². The number of nitrogens with two attached hydrogens (primary N) is 1. The van der Waals surface area contributed by atoms with Crippen LogP contribution in [0.15, 0.2) is 121 Å². The Balaban J connectivity index is 0.934. The number of anilines is 3. The number of ether oxygens (including phenoxy) is 2. The van der Waals surface area contributed by atoms with E-state index in [-0.39, 0.29) is 41.2 Å². The third-order valence-electron chi connectivity index (χ3n) is 11.3. The first-order valence-corrected chi connectivity index (χ1v) is 21.0. The molecular weight excluding hydrogens is 773 g/mol. The van der Waals surface area contributed by atoms with Crippen LogP contribution < -0.4 is 21.3 Å². The van der Waals surface area contributed by atoms with E-state index in [4.69, 9.17) is 15.2 Å². The number of amides is 2. The molecule has 0 aliphatic carbocycles. The minimum absolute atomic E-state index is 0.0259. The van der Waals surface area contributed by atoms with Gasteiger partial charge in [0.2, 0.25) is 11.8 Å². The van der Waals surface area contributed by atoms with Gasteiger partial charge in [0.1, 0.15) is 0 Å². The summed E-state index contributed by atoms with van der Waals surface area (Å²) in [6.07, 6.45) is 2.66. The zero-order chi connectivity index (χ0) is 42.6. The summed E-state index contributed by atoms with van der Waals surface area (Å²) >= 11 is 0. The molecule has 0 spiro atoms. The second-order valence-electron chi connectivity index (χ2n) is 15.7. The Morgan fingerprint density at radius 2 is 1.46 bits per heavy atom. The maximum absolute atomic E-state index is 12.7. The molecule has 2 aliphatic rings. The second kappa shape index (κ2) is 20.9. The molecule has 13 nitrogen and oxygen atoms in total. The Hall–Kier alpha value is -6.12. The van der Waals surface area contributed by atoms with Gasteiger partial charge in [0.05, 0.1) is 35.1 Å². The minimum atomic E-state index is -0.609. The number of nitrogens with zero attached hydrogens (tertiary/aromatic N) is 3. The molecule has 2 heterocycles. The summed E-state index contributed by atoms with van der Waals surface area (Å²) in [6, 6.07) is 38.2. The smallest absolute Gasteiger partial charge is 0.269 e. The van der Waals surface area contributed by atoms with Crippen molar-refractivity contribution in [1.29, 1.82) is 0 Å². The number of carbonyl (C=O) groups excluding carboxylic acids is 2. The lowest BCUT2D eigenvalue weighted by Gasteiger charge is -2.41. The highest BCUT2D eigenvalue weighted by molar-refractivity contribution is 5.93. The Morgan fingerprint density at radius 1 is 0.754 bits per heavy atom. The van der Waals surface area contributed by atoms with E-state index < -0.39 is 6.29 Å². The van der Waals surface area contributed by atoms with Crippen molar-refractivity contribution in [2.75, 3.05) is 48.7 Å². The molecule has 2 saturated heterocycles. The number of hydrogen-bond acceptors (Lipinski definition) is 10. The van der Waals surface area contributed by atoms with Crippen molar-refractivity contribution in [1.82, 2.24) is 10.2 Å². The molecule has 5 N–H and O–H groups in total. The fourth-order valence-electron chi connectivity index (χ4n) is 7.88. The monoisotopic (exact) mass is 826 g/mol. The van der Waals surface area contributed by atoms with Crippen molar-refractivity contribution in [3.05, 3.63) is 154 Å². The van der Waals surface area contributed by atoms with Gasteiger partial charge in [-0.2, -0.15) is 0 Å². The van der Waals surface area contributed by atoms with Crippen molar-refractivity contribution >= 4 is 34.6 Å². The average molecular weight is 827 g/mol. The van der Waals surface area contributed by atoms with Gasteiger partial charge in [0.15, 0.2) is 6.29 Å². The van der Waals surface area contributed by atoms with Gasteiger partial charge in [0, 0.05) is 81.9 Å². The van der Waals surface area contributed by atoms with E-state index in [1.165, 1.54) is 0 Å². The lowest BCUT2D eigenvalue weighted by Crippen LogP contribution is -2.49. The van der Waals surface area contributed by atoms with Crippen LogP contribution in [0.4, 0.5) is 22.7 Å². The van der Waals surface area contributed by atoms with E-state index in [1.807, 2.05) is 72.8 Å². The van der Waals surface area contributed by atoms with E-state index in [0.717, 1.165) is 78.2 Å². The van der Waals surface area contributed by atoms with Gasteiger partial charge >= 0.3 is 0 Å². The number of nitrogens with one attached hydrogen (secondary N) is 2. The van der Waals surface area contributed by atoms with E-state index in [1.54, 1.807) is 24.3 Å². The summed E-state index contributed by atoms with van der Waals surface area (Å²) in [5.74, 6) is -0.113. The number of benzene rings is 5. The van der Waals surface area contributed by atoms with Crippen LogP contribution in [0, 0.1) is 10.1 Å². The van der Waals surface area contributed by atoms with Gasteiger partial charge in [-0.25, -0.2) is 0 Å². The number of nitro benzene ring substituents is 1. The highest BCUT2D eigenvalue weighted by Crippen LogP contribution is 2.39. The number of unbranched alkanes of at least 4 members (excludes halogenated alkanes) is 2. The molecule has 0 aromatic heterocycles. The second-order valence-corrected chi connectivity index (χ2v) is 15.7. The third kappa shape index (κ3) is 12.0.